The molecule has 0 radical (unpaired) electrons. The molecular formula is C18H23N3O4. The van der Waals surface area contributed by atoms with Gasteiger partial charge < -0.3 is 20.7 Å². The van der Waals surface area contributed by atoms with Crippen LogP contribution in [0.3, 0.4) is 0 Å². The maximum atomic E-state index is 12.5. The van der Waals surface area contributed by atoms with Gasteiger partial charge in [-0.2, -0.15) is 0 Å². The lowest BCUT2D eigenvalue weighted by molar-refractivity contribution is -0.141. The highest BCUT2D eigenvalue weighted by atomic mass is 16.4. The number of para-hydroxylation sites is 1. The van der Waals surface area contributed by atoms with E-state index in [9.17, 15) is 14.4 Å². The Morgan fingerprint density at radius 3 is 2.40 bits per heavy atom. The third-order valence-corrected chi connectivity index (χ3v) is 3.99. The largest absolute Gasteiger partial charge is 0.480 e. The van der Waals surface area contributed by atoms with Gasteiger partial charge >= 0.3 is 5.97 Å². The molecule has 1 aromatic carbocycles. The number of rotatable bonds is 7. The maximum absolute atomic E-state index is 12.5. The van der Waals surface area contributed by atoms with Crippen LogP contribution in [0.2, 0.25) is 0 Å². The summed E-state index contributed by atoms with van der Waals surface area (Å²) in [5, 5.41) is 15.1. The Balaban J connectivity index is 2.23. The number of nitrogens with one attached hydrogen (secondary N) is 3. The smallest absolute Gasteiger partial charge is 0.325 e. The number of benzene rings is 1. The quantitative estimate of drug-likeness (QED) is 0.608. The number of carboxylic acid groups (broad SMARTS) is 1. The van der Waals surface area contributed by atoms with Gasteiger partial charge in [-0.15, -0.1) is 0 Å². The van der Waals surface area contributed by atoms with E-state index in [1.54, 1.807) is 20.0 Å². The molecule has 7 heteroatoms. The van der Waals surface area contributed by atoms with Crippen LogP contribution in [0.25, 0.3) is 10.9 Å². The van der Waals surface area contributed by atoms with Crippen molar-refractivity contribution in [3.8, 4) is 0 Å². The molecule has 2 amide bonds. The summed E-state index contributed by atoms with van der Waals surface area (Å²) < 4.78 is 0. The zero-order chi connectivity index (χ0) is 18.6. The van der Waals surface area contributed by atoms with Gasteiger partial charge in [-0.3, -0.25) is 14.4 Å². The number of H-pyrrole nitrogens is 1. The van der Waals surface area contributed by atoms with Gasteiger partial charge in [0.05, 0.1) is 0 Å². The van der Waals surface area contributed by atoms with Crippen LogP contribution in [0.1, 0.15) is 26.3 Å². The molecule has 2 rings (SSSR count). The van der Waals surface area contributed by atoms with E-state index in [4.69, 9.17) is 5.11 Å². The van der Waals surface area contributed by atoms with Gasteiger partial charge in [0.15, 0.2) is 0 Å². The number of carboxylic acids is 1. The summed E-state index contributed by atoms with van der Waals surface area (Å²) in [4.78, 5) is 38.6. The van der Waals surface area contributed by atoms with Crippen LogP contribution < -0.4 is 10.6 Å². The van der Waals surface area contributed by atoms with E-state index >= 15 is 0 Å². The lowest BCUT2D eigenvalue weighted by Gasteiger charge is -2.21. The van der Waals surface area contributed by atoms with Crippen LogP contribution in [0.15, 0.2) is 30.5 Å². The van der Waals surface area contributed by atoms with E-state index in [0.29, 0.717) is 0 Å². The lowest BCUT2D eigenvalue weighted by Crippen LogP contribution is -2.52. The van der Waals surface area contributed by atoms with E-state index in [2.05, 4.69) is 15.6 Å². The van der Waals surface area contributed by atoms with Gasteiger partial charge in [-0.05, 0) is 18.6 Å². The lowest BCUT2D eigenvalue weighted by atomic mass is 10.0. The second-order valence-electron chi connectivity index (χ2n) is 6.35. The molecular weight excluding hydrogens is 322 g/mol. The molecule has 0 spiro atoms. The Morgan fingerprint density at radius 2 is 1.76 bits per heavy atom. The summed E-state index contributed by atoms with van der Waals surface area (Å²) in [5.74, 6) is -2.19. The molecule has 2 unspecified atom stereocenters. The number of hydrogen-bond donors (Lipinski definition) is 4. The van der Waals surface area contributed by atoms with Crippen molar-refractivity contribution in [1.29, 1.82) is 0 Å². The monoisotopic (exact) mass is 345 g/mol. The van der Waals surface area contributed by atoms with Crippen LogP contribution in [-0.4, -0.2) is 40.0 Å². The second kappa shape index (κ2) is 7.83. The van der Waals surface area contributed by atoms with Crippen molar-refractivity contribution in [2.75, 3.05) is 0 Å². The number of aromatic nitrogens is 1. The number of amides is 2. The molecule has 1 heterocycles. The van der Waals surface area contributed by atoms with Gasteiger partial charge in [0.25, 0.3) is 0 Å². The minimum atomic E-state index is -1.13. The minimum Gasteiger partial charge on any atom is -0.480 e. The summed E-state index contributed by atoms with van der Waals surface area (Å²) in [5.41, 5.74) is 1.81. The first-order valence-electron chi connectivity index (χ1n) is 8.18. The van der Waals surface area contributed by atoms with E-state index in [1.165, 1.54) is 6.92 Å². The van der Waals surface area contributed by atoms with Crippen molar-refractivity contribution in [2.24, 2.45) is 5.92 Å². The van der Waals surface area contributed by atoms with Crippen molar-refractivity contribution in [1.82, 2.24) is 15.6 Å². The summed E-state index contributed by atoms with van der Waals surface area (Å²) in [6, 6.07) is 5.77. The molecule has 4 N–H and O–H groups in total. The van der Waals surface area contributed by atoms with Crippen LogP contribution >= 0.6 is 0 Å². The molecule has 0 aliphatic heterocycles. The summed E-state index contributed by atoms with van der Waals surface area (Å²) in [6.45, 7) is 4.85. The van der Waals surface area contributed by atoms with Crippen LogP contribution in [-0.2, 0) is 20.8 Å². The second-order valence-corrected chi connectivity index (χ2v) is 6.35. The van der Waals surface area contributed by atoms with Gasteiger partial charge in [-0.25, -0.2) is 0 Å². The number of fused-ring (bicyclic) bond motifs is 1. The highest BCUT2D eigenvalue weighted by Gasteiger charge is 2.26. The number of carbonyl (C=O) groups is 3. The highest BCUT2D eigenvalue weighted by molar-refractivity contribution is 5.92. The average Bonchev–Trinajstić information content (AvgIpc) is 2.97. The number of hydrogen-bond acceptors (Lipinski definition) is 3. The molecule has 0 saturated carbocycles. The predicted octanol–water partition coefficient (Wildman–Crippen LogP) is 1.44. The Bertz CT molecular complexity index is 781. The molecule has 0 bridgehead atoms. The fraction of sp³-hybridized carbons (Fsp3) is 0.389. The summed E-state index contributed by atoms with van der Waals surface area (Å²) in [6.07, 6.45) is 2.06. The standard InChI is InChI=1S/C18H23N3O4/c1-10(2)16(22)21-15(17(23)20-11(3)18(24)25)8-12-9-19-14-7-5-4-6-13(12)14/h4-7,9-11,15,19H,8H2,1-3H3,(H,20,23)(H,21,22)(H,24,25). The van der Waals surface area contributed by atoms with Crippen LogP contribution in [0, 0.1) is 5.92 Å². The first-order chi connectivity index (χ1) is 11.8. The predicted molar refractivity (Wildman–Crippen MR) is 94.0 cm³/mol. The van der Waals surface area contributed by atoms with Crippen molar-refractivity contribution >= 4 is 28.7 Å². The zero-order valence-corrected chi connectivity index (χ0v) is 14.5. The molecule has 7 nitrogen and oxygen atoms in total. The number of aromatic amines is 1. The van der Waals surface area contributed by atoms with Crippen molar-refractivity contribution < 1.29 is 19.5 Å². The van der Waals surface area contributed by atoms with Crippen molar-refractivity contribution in [3.05, 3.63) is 36.0 Å². The normalized spacial score (nSPS) is 13.4. The van der Waals surface area contributed by atoms with Crippen LogP contribution in [0.4, 0.5) is 0 Å². The Hall–Kier alpha value is -2.83. The summed E-state index contributed by atoms with van der Waals surface area (Å²) >= 11 is 0. The van der Waals surface area contributed by atoms with Gasteiger partial charge in [0, 0.05) is 29.4 Å². The highest BCUT2D eigenvalue weighted by Crippen LogP contribution is 2.19. The van der Waals surface area contributed by atoms with E-state index in [-0.39, 0.29) is 18.2 Å². The first-order valence-corrected chi connectivity index (χ1v) is 8.18. The fourth-order valence-electron chi connectivity index (χ4n) is 2.44. The molecule has 134 valence electrons. The minimum absolute atomic E-state index is 0.261. The number of carbonyl (C=O) groups excluding carboxylic acids is 2. The van der Waals surface area contributed by atoms with E-state index in [1.807, 2.05) is 24.3 Å². The molecule has 1 aromatic heterocycles. The molecule has 2 aromatic rings. The number of aliphatic carboxylic acids is 1. The first kappa shape index (κ1) is 18.5. The van der Waals surface area contributed by atoms with Crippen LogP contribution in [0.5, 0.6) is 0 Å². The average molecular weight is 345 g/mol. The third kappa shape index (κ3) is 4.59. The Labute approximate surface area is 145 Å². The van der Waals surface area contributed by atoms with Gasteiger partial charge in [0.1, 0.15) is 12.1 Å². The van der Waals surface area contributed by atoms with Crippen molar-refractivity contribution in [3.63, 3.8) is 0 Å². The fourth-order valence-corrected chi connectivity index (χ4v) is 2.44. The molecule has 25 heavy (non-hydrogen) atoms. The molecule has 0 aliphatic rings. The Morgan fingerprint density at radius 1 is 1.08 bits per heavy atom. The molecule has 0 fully saturated rings. The molecule has 0 aliphatic carbocycles. The molecule has 2 atom stereocenters. The SMILES string of the molecule is CC(C)C(=O)NC(Cc1c[nH]c2ccccc12)C(=O)NC(C)C(=O)O. The van der Waals surface area contributed by atoms with E-state index < -0.39 is 24.0 Å². The molecule has 0 saturated heterocycles. The summed E-state index contributed by atoms with van der Waals surface area (Å²) in [7, 11) is 0. The van der Waals surface area contributed by atoms with Gasteiger partial charge in [0.2, 0.25) is 11.8 Å². The van der Waals surface area contributed by atoms with Crippen molar-refractivity contribution in [2.45, 2.75) is 39.3 Å². The topological polar surface area (TPSA) is 111 Å². The Kier molecular flexibility index (Phi) is 5.80. The third-order valence-electron chi connectivity index (χ3n) is 3.99. The van der Waals surface area contributed by atoms with Gasteiger partial charge in [-0.1, -0.05) is 32.0 Å². The van der Waals surface area contributed by atoms with E-state index in [0.717, 1.165) is 16.5 Å². The maximum Gasteiger partial charge on any atom is 0.325 e. The zero-order valence-electron chi connectivity index (χ0n) is 14.5.